The number of nitrogens with one attached hydrogen (secondary N) is 1. The van der Waals surface area contributed by atoms with E-state index in [0.717, 1.165) is 12.0 Å². The van der Waals surface area contributed by atoms with Gasteiger partial charge in [-0.1, -0.05) is 72.8 Å². The molecule has 1 N–H and O–H groups in total. The second-order valence-corrected chi connectivity index (χ2v) is 5.81. The Hall–Kier alpha value is -3.47. The molecular weight excluding hydrogens is 326 g/mol. The molecule has 3 aromatic rings. The molecule has 0 saturated heterocycles. The lowest BCUT2D eigenvalue weighted by Crippen LogP contribution is -2.09. The Bertz CT molecular complexity index is 817. The molecular formula is C21H19N3O2. The van der Waals surface area contributed by atoms with Crippen LogP contribution in [0.15, 0.2) is 90.0 Å². The minimum Gasteiger partial charge on any atom is -0.303 e. The van der Waals surface area contributed by atoms with Crippen LogP contribution in [-0.2, 0) is 0 Å². The summed E-state index contributed by atoms with van der Waals surface area (Å²) in [7, 11) is 0. The minimum absolute atomic E-state index is 0.118. The Labute approximate surface area is 152 Å². The second kappa shape index (κ2) is 8.58. The zero-order valence-corrected chi connectivity index (χ0v) is 14.2. The van der Waals surface area contributed by atoms with Crippen LogP contribution >= 0.6 is 0 Å². The third kappa shape index (κ3) is 4.54. The summed E-state index contributed by atoms with van der Waals surface area (Å²) in [5.74, 6) is 0. The normalized spacial score (nSPS) is 14.8. The van der Waals surface area contributed by atoms with E-state index in [1.165, 1.54) is 23.3 Å². The van der Waals surface area contributed by atoms with Crippen LogP contribution in [0, 0.1) is 10.1 Å². The number of non-ortho nitro benzene ring substituents is 1. The van der Waals surface area contributed by atoms with Crippen molar-refractivity contribution < 1.29 is 4.92 Å². The Morgan fingerprint density at radius 2 is 1.38 bits per heavy atom. The van der Waals surface area contributed by atoms with Crippen molar-refractivity contribution >= 4 is 11.9 Å². The zero-order valence-electron chi connectivity index (χ0n) is 14.2. The van der Waals surface area contributed by atoms with E-state index >= 15 is 0 Å². The van der Waals surface area contributed by atoms with E-state index in [9.17, 15) is 10.1 Å². The molecule has 0 bridgehead atoms. The molecule has 5 nitrogen and oxygen atoms in total. The highest BCUT2D eigenvalue weighted by atomic mass is 16.6. The molecule has 0 spiro atoms. The van der Waals surface area contributed by atoms with Crippen molar-refractivity contribution in [3.63, 3.8) is 0 Å². The van der Waals surface area contributed by atoms with E-state index in [2.05, 4.69) is 59.1 Å². The van der Waals surface area contributed by atoms with Crippen LogP contribution in [0.4, 0.5) is 5.69 Å². The van der Waals surface area contributed by atoms with Gasteiger partial charge in [0.05, 0.1) is 11.0 Å². The predicted molar refractivity (Wildman–Crippen MR) is 104 cm³/mol. The van der Waals surface area contributed by atoms with Crippen molar-refractivity contribution in [1.82, 2.24) is 5.43 Å². The predicted octanol–water partition coefficient (Wildman–Crippen LogP) is 4.97. The Morgan fingerprint density at radius 3 is 1.81 bits per heavy atom. The van der Waals surface area contributed by atoms with Gasteiger partial charge in [0.1, 0.15) is 0 Å². The van der Waals surface area contributed by atoms with Crippen LogP contribution in [0.1, 0.15) is 18.0 Å². The largest absolute Gasteiger partial charge is 0.303 e. The lowest BCUT2D eigenvalue weighted by molar-refractivity contribution is -0.384. The van der Waals surface area contributed by atoms with Crippen molar-refractivity contribution in [3.05, 3.63) is 101 Å². The molecule has 0 fully saturated rings. The molecule has 0 amide bonds. The van der Waals surface area contributed by atoms with Gasteiger partial charge >= 0.3 is 0 Å². The molecule has 3 aromatic carbocycles. The van der Waals surface area contributed by atoms with Gasteiger partial charge in [0.2, 0.25) is 0 Å². The number of hydrazone groups is 1. The lowest BCUT2D eigenvalue weighted by atomic mass is 10.1. The fraction of sp³-hybridized carbons (Fsp3) is 0.0952. The van der Waals surface area contributed by atoms with Crippen molar-refractivity contribution in [2.24, 2.45) is 5.10 Å². The summed E-state index contributed by atoms with van der Waals surface area (Å²) < 4.78 is 0. The van der Waals surface area contributed by atoms with Gasteiger partial charge in [0.15, 0.2) is 0 Å². The van der Waals surface area contributed by atoms with Crippen molar-refractivity contribution in [2.45, 2.75) is 12.5 Å². The zero-order chi connectivity index (χ0) is 18.2. The number of nitrogens with zero attached hydrogens (tertiary/aromatic N) is 2. The summed E-state index contributed by atoms with van der Waals surface area (Å²) in [5.41, 5.74) is 6.61. The lowest BCUT2D eigenvalue weighted by Gasteiger charge is -2.08. The van der Waals surface area contributed by atoms with E-state index in [1.54, 1.807) is 18.3 Å². The highest BCUT2D eigenvalue weighted by Gasteiger charge is 2.14. The Balaban J connectivity index is 0.000000152. The Kier molecular flexibility index (Phi) is 5.72. The maximum absolute atomic E-state index is 10.4. The number of hydrogen-bond acceptors (Lipinski definition) is 4. The topological polar surface area (TPSA) is 67.5 Å². The second-order valence-electron chi connectivity index (χ2n) is 5.81. The molecule has 1 atom stereocenters. The summed E-state index contributed by atoms with van der Waals surface area (Å²) in [6.07, 6.45) is 2.63. The van der Waals surface area contributed by atoms with E-state index in [-0.39, 0.29) is 11.7 Å². The fourth-order valence-electron chi connectivity index (χ4n) is 2.65. The number of rotatable bonds is 3. The van der Waals surface area contributed by atoms with Crippen molar-refractivity contribution in [1.29, 1.82) is 0 Å². The molecule has 0 radical (unpaired) electrons. The van der Waals surface area contributed by atoms with E-state index in [1.807, 2.05) is 12.1 Å². The maximum Gasteiger partial charge on any atom is 0.269 e. The van der Waals surface area contributed by atoms with Crippen LogP contribution in [0.2, 0.25) is 0 Å². The first kappa shape index (κ1) is 17.4. The van der Waals surface area contributed by atoms with Gasteiger partial charge in [0, 0.05) is 24.8 Å². The average molecular weight is 345 g/mol. The molecule has 1 unspecified atom stereocenters. The van der Waals surface area contributed by atoms with Crippen LogP contribution in [0.25, 0.3) is 11.1 Å². The third-order valence-electron chi connectivity index (χ3n) is 4.05. The average Bonchev–Trinajstić information content (AvgIpc) is 3.25. The summed E-state index contributed by atoms with van der Waals surface area (Å²) in [5, 5.41) is 14.3. The first-order valence-corrected chi connectivity index (χ1v) is 8.36. The summed E-state index contributed by atoms with van der Waals surface area (Å²) in [6.45, 7) is 0. The molecule has 1 aliphatic heterocycles. The van der Waals surface area contributed by atoms with Crippen LogP contribution < -0.4 is 5.43 Å². The molecule has 1 heterocycles. The molecule has 1 aliphatic rings. The molecule has 4 rings (SSSR count). The molecule has 0 aliphatic carbocycles. The highest BCUT2D eigenvalue weighted by molar-refractivity contribution is 5.62. The first-order chi connectivity index (χ1) is 12.7. The van der Waals surface area contributed by atoms with Gasteiger partial charge in [-0.05, 0) is 16.7 Å². The van der Waals surface area contributed by atoms with Crippen molar-refractivity contribution in [3.8, 4) is 11.1 Å². The molecule has 26 heavy (non-hydrogen) atoms. The highest BCUT2D eigenvalue weighted by Crippen LogP contribution is 2.21. The van der Waals surface area contributed by atoms with E-state index in [0.29, 0.717) is 0 Å². The molecule has 0 aromatic heterocycles. The third-order valence-corrected chi connectivity index (χ3v) is 4.05. The van der Waals surface area contributed by atoms with Gasteiger partial charge < -0.3 is 5.43 Å². The monoisotopic (exact) mass is 345 g/mol. The summed E-state index contributed by atoms with van der Waals surface area (Å²) in [6, 6.07) is 27.5. The number of hydrogen-bond donors (Lipinski definition) is 1. The van der Waals surface area contributed by atoms with Gasteiger partial charge in [-0.15, -0.1) is 0 Å². The number of nitro benzene ring substituents is 1. The number of benzene rings is 3. The summed E-state index contributed by atoms with van der Waals surface area (Å²) >= 11 is 0. The number of nitro groups is 1. The van der Waals surface area contributed by atoms with E-state index < -0.39 is 4.92 Å². The smallest absolute Gasteiger partial charge is 0.269 e. The SMILES string of the molecule is O=[N+]([O-])c1ccc(C2CC=NN2)cc1.c1ccc(-c2ccccc2)cc1. The van der Waals surface area contributed by atoms with Crippen LogP contribution in [0.3, 0.4) is 0 Å². The van der Waals surface area contributed by atoms with E-state index in [4.69, 9.17) is 0 Å². The standard InChI is InChI=1S/C12H10.C9H9N3O2/c1-3-7-11(8-4-1)12-9-5-2-6-10-12;13-12(14)8-3-1-7(2-4-8)9-5-6-10-11-9/h1-10H;1-4,6,9,11H,5H2. The van der Waals surface area contributed by atoms with Gasteiger partial charge in [-0.3, -0.25) is 10.1 Å². The van der Waals surface area contributed by atoms with Gasteiger partial charge in [-0.2, -0.15) is 5.10 Å². The first-order valence-electron chi connectivity index (χ1n) is 8.36. The Morgan fingerprint density at radius 1 is 0.846 bits per heavy atom. The molecule has 5 heteroatoms. The quantitative estimate of drug-likeness (QED) is 0.538. The van der Waals surface area contributed by atoms with Crippen LogP contribution in [-0.4, -0.2) is 11.1 Å². The molecule has 130 valence electrons. The minimum atomic E-state index is -0.400. The maximum atomic E-state index is 10.4. The van der Waals surface area contributed by atoms with Gasteiger partial charge in [-0.25, -0.2) is 0 Å². The summed E-state index contributed by atoms with van der Waals surface area (Å²) in [4.78, 5) is 10.00. The van der Waals surface area contributed by atoms with Crippen LogP contribution in [0.5, 0.6) is 0 Å². The van der Waals surface area contributed by atoms with Gasteiger partial charge in [0.25, 0.3) is 5.69 Å². The van der Waals surface area contributed by atoms with Crippen molar-refractivity contribution in [2.75, 3.05) is 0 Å². The fourth-order valence-corrected chi connectivity index (χ4v) is 2.65. The molecule has 0 saturated carbocycles.